The largest absolute Gasteiger partial charge is 0.480 e. The number of aliphatic imine (C=N–C) groups is 1. The summed E-state index contributed by atoms with van der Waals surface area (Å²) in [5, 5.41) is 23.9. The summed E-state index contributed by atoms with van der Waals surface area (Å²) in [5.74, 6) is -1.93. The first-order chi connectivity index (χ1) is 19.1. The van der Waals surface area contributed by atoms with E-state index in [9.17, 15) is 23.1 Å². The van der Waals surface area contributed by atoms with E-state index >= 15 is 0 Å². The third kappa shape index (κ3) is 6.91. The van der Waals surface area contributed by atoms with Crippen molar-refractivity contribution in [2.75, 3.05) is 19.6 Å². The lowest BCUT2D eigenvalue weighted by Crippen LogP contribution is -2.48. The second-order valence-corrected chi connectivity index (χ2v) is 11.5. The number of aromatic nitrogens is 2. The van der Waals surface area contributed by atoms with E-state index in [1.54, 1.807) is 44.3 Å². The first kappa shape index (κ1) is 29.3. The maximum Gasteiger partial charge on any atom is 0.323 e. The number of sulfonamides is 1. The topological polar surface area (TPSA) is 167 Å². The van der Waals surface area contributed by atoms with E-state index in [2.05, 4.69) is 30.8 Å². The molecule has 0 saturated heterocycles. The molecule has 2 atom stereocenters. The fraction of sp³-hybridized carbons (Fsp3) is 0.407. The van der Waals surface area contributed by atoms with E-state index in [0.29, 0.717) is 28.6 Å². The van der Waals surface area contributed by atoms with Crippen molar-refractivity contribution in [2.24, 2.45) is 4.99 Å². The minimum absolute atomic E-state index is 0.0331. The zero-order valence-corrected chi connectivity index (χ0v) is 23.6. The molecule has 3 aromatic rings. The normalized spacial score (nSPS) is 16.2. The van der Waals surface area contributed by atoms with Crippen LogP contribution in [-0.2, 0) is 21.4 Å². The lowest BCUT2D eigenvalue weighted by Gasteiger charge is -2.19. The third-order valence-electron chi connectivity index (χ3n) is 6.62. The number of nitrogens with one attached hydrogen (secondary N) is 4. The molecular weight excluding hydrogens is 534 g/mol. The number of aliphatic carboxylic acids is 1. The minimum Gasteiger partial charge on any atom is -0.480 e. The zero-order chi connectivity index (χ0) is 28.9. The molecule has 0 fully saturated rings. The smallest absolute Gasteiger partial charge is 0.323 e. The summed E-state index contributed by atoms with van der Waals surface area (Å²) in [6.45, 7) is 6.97. The van der Waals surface area contributed by atoms with Crippen molar-refractivity contribution in [1.29, 1.82) is 0 Å². The highest BCUT2D eigenvalue weighted by Crippen LogP contribution is 2.22. The molecule has 1 amide bonds. The van der Waals surface area contributed by atoms with Crippen molar-refractivity contribution in [1.82, 2.24) is 30.5 Å². The van der Waals surface area contributed by atoms with Gasteiger partial charge in [0.25, 0.3) is 5.91 Å². The van der Waals surface area contributed by atoms with Gasteiger partial charge in [0, 0.05) is 37.8 Å². The SMILES string of the molecule is Cc1cc(C)c(S(=O)(=O)NC(CNC(=O)c2cccc3c2cnn3CCCNC2N=CCCN2)C(=O)O)c(C)c1. The van der Waals surface area contributed by atoms with Gasteiger partial charge in [-0.1, -0.05) is 23.8 Å². The molecule has 1 aliphatic heterocycles. The average molecular weight is 570 g/mol. The van der Waals surface area contributed by atoms with Gasteiger partial charge in [0.05, 0.1) is 22.2 Å². The fourth-order valence-corrected chi connectivity index (χ4v) is 6.54. The summed E-state index contributed by atoms with van der Waals surface area (Å²) >= 11 is 0. The summed E-state index contributed by atoms with van der Waals surface area (Å²) in [7, 11) is -4.16. The van der Waals surface area contributed by atoms with Crippen LogP contribution in [-0.4, -0.2) is 73.4 Å². The van der Waals surface area contributed by atoms with Gasteiger partial charge in [0.15, 0.2) is 6.29 Å². The van der Waals surface area contributed by atoms with Crippen LogP contribution in [0, 0.1) is 20.8 Å². The molecule has 2 unspecified atom stereocenters. The van der Waals surface area contributed by atoms with E-state index in [-0.39, 0.29) is 11.2 Å². The molecule has 0 spiro atoms. The lowest BCUT2D eigenvalue weighted by molar-refractivity contribution is -0.138. The lowest BCUT2D eigenvalue weighted by atomic mass is 10.1. The van der Waals surface area contributed by atoms with E-state index in [1.165, 1.54) is 0 Å². The third-order valence-corrected chi connectivity index (χ3v) is 8.39. The van der Waals surface area contributed by atoms with Gasteiger partial charge in [-0.05, 0) is 56.9 Å². The van der Waals surface area contributed by atoms with Crippen LogP contribution in [0.1, 0.15) is 39.9 Å². The van der Waals surface area contributed by atoms with Gasteiger partial charge in [0.1, 0.15) is 6.04 Å². The van der Waals surface area contributed by atoms with Gasteiger partial charge in [-0.2, -0.15) is 9.82 Å². The molecule has 13 heteroatoms. The van der Waals surface area contributed by atoms with Crippen LogP contribution in [0.15, 0.2) is 46.4 Å². The van der Waals surface area contributed by atoms with Crippen molar-refractivity contribution in [2.45, 2.75) is 57.4 Å². The van der Waals surface area contributed by atoms with Crippen molar-refractivity contribution < 1.29 is 23.1 Å². The molecule has 40 heavy (non-hydrogen) atoms. The molecule has 0 bridgehead atoms. The predicted octanol–water partition coefficient (Wildman–Crippen LogP) is 1.45. The Morgan fingerprint density at radius 3 is 2.62 bits per heavy atom. The maximum absolute atomic E-state index is 13.1. The number of carboxylic acid groups (broad SMARTS) is 1. The monoisotopic (exact) mass is 569 g/mol. The standard InChI is InChI=1S/C27H35N7O5S/c1-17-13-18(2)24(19(3)14-17)40(38,39)33-22(26(36)37)16-31-25(35)20-7-4-8-23-21(20)15-32-34(23)12-6-11-30-27-28-9-5-10-29-27/h4,7-9,13-15,22,27,29-30,33H,5-6,10-12,16H2,1-3H3,(H,31,35)(H,36,37). The van der Waals surface area contributed by atoms with Crippen LogP contribution >= 0.6 is 0 Å². The number of nitrogens with zero attached hydrogens (tertiary/aromatic N) is 3. The highest BCUT2D eigenvalue weighted by molar-refractivity contribution is 7.89. The van der Waals surface area contributed by atoms with Gasteiger partial charge < -0.3 is 10.4 Å². The Morgan fingerprint density at radius 2 is 1.95 bits per heavy atom. The molecule has 1 aliphatic rings. The van der Waals surface area contributed by atoms with Crippen LogP contribution in [0.5, 0.6) is 0 Å². The maximum atomic E-state index is 13.1. The van der Waals surface area contributed by atoms with Gasteiger partial charge in [-0.25, -0.2) is 8.42 Å². The van der Waals surface area contributed by atoms with E-state index < -0.39 is 34.5 Å². The van der Waals surface area contributed by atoms with Crippen molar-refractivity contribution >= 4 is 39.0 Å². The zero-order valence-electron chi connectivity index (χ0n) is 22.8. The quantitative estimate of drug-likeness (QED) is 0.204. The summed E-state index contributed by atoms with van der Waals surface area (Å²) in [4.78, 5) is 29.4. The summed E-state index contributed by atoms with van der Waals surface area (Å²) in [5.41, 5.74) is 3.01. The molecule has 12 nitrogen and oxygen atoms in total. The van der Waals surface area contributed by atoms with E-state index in [1.807, 2.05) is 23.9 Å². The van der Waals surface area contributed by atoms with Crippen LogP contribution < -0.4 is 20.7 Å². The first-order valence-corrected chi connectivity index (χ1v) is 14.6. The molecule has 1 aromatic heterocycles. The Hall–Kier alpha value is -3.65. The number of carbonyl (C=O) groups is 2. The number of aryl methyl sites for hydroxylation is 4. The molecular formula is C27H35N7O5S. The van der Waals surface area contributed by atoms with Crippen LogP contribution in [0.3, 0.4) is 0 Å². The Labute approximate surface area is 233 Å². The molecule has 4 rings (SSSR count). The van der Waals surface area contributed by atoms with Crippen LogP contribution in [0.25, 0.3) is 10.9 Å². The van der Waals surface area contributed by atoms with Gasteiger partial charge in [0.2, 0.25) is 10.0 Å². The fourth-order valence-electron chi connectivity index (χ4n) is 4.90. The molecule has 2 heterocycles. The number of hydrogen-bond acceptors (Lipinski definition) is 8. The van der Waals surface area contributed by atoms with E-state index in [0.717, 1.165) is 37.0 Å². The number of benzene rings is 2. The van der Waals surface area contributed by atoms with Crippen LogP contribution in [0.4, 0.5) is 0 Å². The van der Waals surface area contributed by atoms with Crippen molar-refractivity contribution in [3.63, 3.8) is 0 Å². The summed E-state index contributed by atoms with van der Waals surface area (Å²) < 4.78 is 30.2. The Morgan fingerprint density at radius 1 is 1.20 bits per heavy atom. The Balaban J connectivity index is 1.40. The molecule has 214 valence electrons. The highest BCUT2D eigenvalue weighted by atomic mass is 32.2. The molecule has 2 aromatic carbocycles. The minimum atomic E-state index is -4.16. The predicted molar refractivity (Wildman–Crippen MR) is 152 cm³/mol. The van der Waals surface area contributed by atoms with Crippen molar-refractivity contribution in [3.8, 4) is 0 Å². The molecule has 0 radical (unpaired) electrons. The second-order valence-electron chi connectivity index (χ2n) is 9.84. The number of rotatable bonds is 12. The average Bonchev–Trinajstić information content (AvgIpc) is 3.31. The van der Waals surface area contributed by atoms with Crippen molar-refractivity contribution in [3.05, 3.63) is 58.8 Å². The summed E-state index contributed by atoms with van der Waals surface area (Å²) in [6.07, 6.45) is 5.14. The number of amides is 1. The Kier molecular flexibility index (Phi) is 9.30. The van der Waals surface area contributed by atoms with Crippen LogP contribution in [0.2, 0.25) is 0 Å². The first-order valence-electron chi connectivity index (χ1n) is 13.1. The van der Waals surface area contributed by atoms with E-state index in [4.69, 9.17) is 0 Å². The van der Waals surface area contributed by atoms with Gasteiger partial charge in [-0.15, -0.1) is 0 Å². The molecule has 5 N–H and O–H groups in total. The van der Waals surface area contributed by atoms with Gasteiger partial charge in [-0.3, -0.25) is 29.9 Å². The number of carboxylic acids is 1. The highest BCUT2D eigenvalue weighted by Gasteiger charge is 2.28. The summed E-state index contributed by atoms with van der Waals surface area (Å²) in [6, 6.07) is 7.09. The number of carbonyl (C=O) groups excluding carboxylic acids is 1. The molecule has 0 aliphatic carbocycles. The number of fused-ring (bicyclic) bond motifs is 1. The molecule has 0 saturated carbocycles. The van der Waals surface area contributed by atoms with Gasteiger partial charge >= 0.3 is 5.97 Å². The Bertz CT molecular complexity index is 1510. The second kappa shape index (κ2) is 12.7. The number of hydrogen-bond donors (Lipinski definition) is 5.